The summed E-state index contributed by atoms with van der Waals surface area (Å²) in [6.45, 7) is 2.41. The lowest BCUT2D eigenvalue weighted by atomic mass is 10.1. The van der Waals surface area contributed by atoms with Gasteiger partial charge in [0.2, 0.25) is 5.91 Å². The number of carbonyl (C=O) groups excluding carboxylic acids is 1. The minimum absolute atomic E-state index is 0.0146. The van der Waals surface area contributed by atoms with E-state index in [4.69, 9.17) is 16.3 Å². The molecule has 0 spiro atoms. The zero-order valence-corrected chi connectivity index (χ0v) is 10.1. The maximum atomic E-state index is 12.0. The van der Waals surface area contributed by atoms with Crippen molar-refractivity contribution < 1.29 is 14.6 Å². The van der Waals surface area contributed by atoms with Crippen LogP contribution in [-0.2, 0) is 16.0 Å². The van der Waals surface area contributed by atoms with Gasteiger partial charge in [0.1, 0.15) is 5.75 Å². The maximum Gasteiger partial charge on any atom is 0.227 e. The first-order chi connectivity index (χ1) is 8.16. The zero-order chi connectivity index (χ0) is 12.3. The van der Waals surface area contributed by atoms with Crippen molar-refractivity contribution in [1.29, 1.82) is 0 Å². The van der Waals surface area contributed by atoms with E-state index in [0.717, 1.165) is 0 Å². The second-order valence-electron chi connectivity index (χ2n) is 3.95. The van der Waals surface area contributed by atoms with Gasteiger partial charge >= 0.3 is 0 Å². The van der Waals surface area contributed by atoms with Crippen LogP contribution in [0.5, 0.6) is 5.75 Å². The highest BCUT2D eigenvalue weighted by Crippen LogP contribution is 2.22. The molecule has 4 nitrogen and oxygen atoms in total. The normalized spacial score (nSPS) is 15.9. The minimum Gasteiger partial charge on any atom is -0.508 e. The number of benzene rings is 1. The first-order valence-electron chi connectivity index (χ1n) is 5.50. The summed E-state index contributed by atoms with van der Waals surface area (Å²) in [6.07, 6.45) is 0.216. The lowest BCUT2D eigenvalue weighted by molar-refractivity contribution is -0.134. The van der Waals surface area contributed by atoms with Gasteiger partial charge in [0.15, 0.2) is 0 Å². The molecule has 5 heteroatoms. The summed E-state index contributed by atoms with van der Waals surface area (Å²) in [7, 11) is 0. The van der Waals surface area contributed by atoms with Crippen LogP contribution in [0.4, 0.5) is 0 Å². The van der Waals surface area contributed by atoms with E-state index in [1.165, 1.54) is 12.1 Å². The van der Waals surface area contributed by atoms with Crippen LogP contribution in [-0.4, -0.2) is 42.2 Å². The number of hydrogen-bond acceptors (Lipinski definition) is 3. The average Bonchev–Trinajstić information content (AvgIpc) is 2.35. The summed E-state index contributed by atoms with van der Waals surface area (Å²) in [6, 6.07) is 4.63. The average molecular weight is 256 g/mol. The number of rotatable bonds is 2. The minimum atomic E-state index is 0.0146. The van der Waals surface area contributed by atoms with Gasteiger partial charge in [-0.05, 0) is 23.8 Å². The molecule has 1 amide bonds. The van der Waals surface area contributed by atoms with Crippen LogP contribution in [0.2, 0.25) is 5.02 Å². The first kappa shape index (κ1) is 12.2. The summed E-state index contributed by atoms with van der Waals surface area (Å²) in [4.78, 5) is 13.7. The van der Waals surface area contributed by atoms with Gasteiger partial charge < -0.3 is 14.7 Å². The molecular weight excluding hydrogens is 242 g/mol. The van der Waals surface area contributed by atoms with Gasteiger partial charge in [-0.3, -0.25) is 4.79 Å². The quantitative estimate of drug-likeness (QED) is 0.870. The Bertz CT molecular complexity index is 416. The molecule has 0 bridgehead atoms. The predicted octanol–water partition coefficient (Wildman–Crippen LogP) is 1.45. The third-order valence-corrected chi connectivity index (χ3v) is 3.10. The van der Waals surface area contributed by atoms with Gasteiger partial charge in [0.05, 0.1) is 19.6 Å². The number of hydrogen-bond donors (Lipinski definition) is 1. The first-order valence-corrected chi connectivity index (χ1v) is 5.87. The fourth-order valence-electron chi connectivity index (χ4n) is 1.78. The molecule has 1 aliphatic heterocycles. The molecule has 92 valence electrons. The Labute approximate surface area is 105 Å². The van der Waals surface area contributed by atoms with Crippen LogP contribution in [0.25, 0.3) is 0 Å². The van der Waals surface area contributed by atoms with E-state index in [1.807, 2.05) is 0 Å². The van der Waals surface area contributed by atoms with Crippen LogP contribution >= 0.6 is 11.6 Å². The number of ether oxygens (including phenoxy) is 1. The van der Waals surface area contributed by atoms with E-state index in [2.05, 4.69) is 0 Å². The van der Waals surface area contributed by atoms with Crippen molar-refractivity contribution in [3.8, 4) is 5.75 Å². The topological polar surface area (TPSA) is 49.8 Å². The molecule has 0 atom stereocenters. The van der Waals surface area contributed by atoms with Crippen LogP contribution in [0.1, 0.15) is 5.56 Å². The predicted molar refractivity (Wildman–Crippen MR) is 64.2 cm³/mol. The lowest BCUT2D eigenvalue weighted by Gasteiger charge is -2.27. The molecule has 0 radical (unpaired) electrons. The van der Waals surface area contributed by atoms with Crippen molar-refractivity contribution in [3.05, 3.63) is 28.8 Å². The summed E-state index contributed by atoms with van der Waals surface area (Å²) in [5.41, 5.74) is 0.656. The second kappa shape index (κ2) is 5.38. The third-order valence-electron chi connectivity index (χ3n) is 2.73. The van der Waals surface area contributed by atoms with E-state index < -0.39 is 0 Å². The van der Waals surface area contributed by atoms with Crippen molar-refractivity contribution in [2.24, 2.45) is 0 Å². The molecule has 1 aromatic carbocycles. The number of phenolic OH excluding ortho intramolecular Hbond substituents is 1. The molecule has 1 fully saturated rings. The summed E-state index contributed by atoms with van der Waals surface area (Å²) >= 11 is 5.97. The number of morpholine rings is 1. The van der Waals surface area contributed by atoms with Gasteiger partial charge in [-0.2, -0.15) is 0 Å². The highest BCUT2D eigenvalue weighted by molar-refractivity contribution is 6.31. The third kappa shape index (κ3) is 3.11. The largest absolute Gasteiger partial charge is 0.508 e. The lowest BCUT2D eigenvalue weighted by Crippen LogP contribution is -2.41. The molecule has 1 aliphatic rings. The molecule has 1 heterocycles. The van der Waals surface area contributed by atoms with Crippen molar-refractivity contribution in [2.75, 3.05) is 26.3 Å². The van der Waals surface area contributed by atoms with Crippen molar-refractivity contribution >= 4 is 17.5 Å². The number of carbonyl (C=O) groups is 1. The Morgan fingerprint density at radius 1 is 1.41 bits per heavy atom. The van der Waals surface area contributed by atoms with Crippen LogP contribution < -0.4 is 0 Å². The Hall–Kier alpha value is -1.26. The molecular formula is C12H14ClNO3. The van der Waals surface area contributed by atoms with Gasteiger partial charge in [0.25, 0.3) is 0 Å². The van der Waals surface area contributed by atoms with Gasteiger partial charge in [-0.1, -0.05) is 11.6 Å². The Morgan fingerprint density at radius 3 is 2.82 bits per heavy atom. The Morgan fingerprint density at radius 2 is 2.12 bits per heavy atom. The monoisotopic (exact) mass is 255 g/mol. The van der Waals surface area contributed by atoms with Crippen LogP contribution in [0, 0.1) is 0 Å². The van der Waals surface area contributed by atoms with Crippen molar-refractivity contribution in [3.63, 3.8) is 0 Å². The molecule has 0 aromatic heterocycles. The highest BCUT2D eigenvalue weighted by Gasteiger charge is 2.18. The fraction of sp³-hybridized carbons (Fsp3) is 0.417. The molecule has 0 unspecified atom stereocenters. The van der Waals surface area contributed by atoms with Gasteiger partial charge in [-0.15, -0.1) is 0 Å². The molecule has 1 aromatic rings. The molecule has 0 saturated carbocycles. The molecule has 17 heavy (non-hydrogen) atoms. The van der Waals surface area contributed by atoms with E-state index in [1.54, 1.807) is 11.0 Å². The van der Waals surface area contributed by atoms with Crippen molar-refractivity contribution in [2.45, 2.75) is 6.42 Å². The summed E-state index contributed by atoms with van der Waals surface area (Å²) < 4.78 is 5.18. The molecule has 0 aliphatic carbocycles. The fourth-order valence-corrected chi connectivity index (χ4v) is 1.97. The maximum absolute atomic E-state index is 12.0. The van der Waals surface area contributed by atoms with Crippen LogP contribution in [0.15, 0.2) is 18.2 Å². The highest BCUT2D eigenvalue weighted by atomic mass is 35.5. The smallest absolute Gasteiger partial charge is 0.227 e. The number of amides is 1. The second-order valence-corrected chi connectivity index (χ2v) is 4.35. The SMILES string of the molecule is O=C(Cc1cc(O)ccc1Cl)N1CCOCC1. The number of aromatic hydroxyl groups is 1. The molecule has 2 rings (SSSR count). The van der Waals surface area contributed by atoms with Crippen LogP contribution in [0.3, 0.4) is 0 Å². The van der Waals surface area contributed by atoms with E-state index in [-0.39, 0.29) is 18.1 Å². The summed E-state index contributed by atoms with van der Waals surface area (Å²) in [5.74, 6) is 0.139. The standard InChI is InChI=1S/C12H14ClNO3/c13-11-2-1-10(15)7-9(11)8-12(16)14-3-5-17-6-4-14/h1-2,7,15H,3-6,8H2. The van der Waals surface area contributed by atoms with E-state index in [0.29, 0.717) is 36.9 Å². The number of phenols is 1. The van der Waals surface area contributed by atoms with Crippen molar-refractivity contribution in [1.82, 2.24) is 4.90 Å². The number of nitrogens with zero attached hydrogens (tertiary/aromatic N) is 1. The van der Waals surface area contributed by atoms with Gasteiger partial charge in [0, 0.05) is 18.1 Å². The number of halogens is 1. The Balaban J connectivity index is 2.04. The Kier molecular flexibility index (Phi) is 3.86. The zero-order valence-electron chi connectivity index (χ0n) is 9.36. The summed E-state index contributed by atoms with van der Waals surface area (Å²) in [5, 5.41) is 9.86. The molecule has 1 N–H and O–H groups in total. The van der Waals surface area contributed by atoms with E-state index in [9.17, 15) is 9.90 Å². The molecule has 1 saturated heterocycles. The van der Waals surface area contributed by atoms with Gasteiger partial charge in [-0.25, -0.2) is 0 Å². The van der Waals surface area contributed by atoms with E-state index >= 15 is 0 Å².